The van der Waals surface area contributed by atoms with Crippen LogP contribution in [-0.2, 0) is 9.63 Å². The molecule has 3 N–H and O–H groups in total. The Bertz CT molecular complexity index is 483. The SMILES string of the molecule is O=C(O)CONC(=O)Nc1ccc(N2CCCCC2)cc1. The highest BCUT2D eigenvalue weighted by Crippen LogP contribution is 2.21. The summed E-state index contributed by atoms with van der Waals surface area (Å²) in [4.78, 5) is 28.5. The highest BCUT2D eigenvalue weighted by molar-refractivity contribution is 5.88. The van der Waals surface area contributed by atoms with Gasteiger partial charge in [-0.05, 0) is 43.5 Å². The Kier molecular flexibility index (Phi) is 5.39. The summed E-state index contributed by atoms with van der Waals surface area (Å²) in [5.74, 6) is -1.15. The molecule has 1 fully saturated rings. The molecule has 1 aromatic carbocycles. The molecule has 1 aliphatic heterocycles. The summed E-state index contributed by atoms with van der Waals surface area (Å²) >= 11 is 0. The van der Waals surface area contributed by atoms with Crippen molar-refractivity contribution < 1.29 is 19.5 Å². The van der Waals surface area contributed by atoms with E-state index in [1.165, 1.54) is 19.3 Å². The lowest BCUT2D eigenvalue weighted by Gasteiger charge is -2.28. The van der Waals surface area contributed by atoms with Crippen LogP contribution in [0.2, 0.25) is 0 Å². The van der Waals surface area contributed by atoms with E-state index in [0.29, 0.717) is 5.69 Å². The highest BCUT2D eigenvalue weighted by Gasteiger charge is 2.11. The predicted octanol–water partition coefficient (Wildman–Crippen LogP) is 1.81. The zero-order valence-electron chi connectivity index (χ0n) is 11.7. The number of hydrogen-bond acceptors (Lipinski definition) is 4. The van der Waals surface area contributed by atoms with Crippen LogP contribution in [0, 0.1) is 0 Å². The van der Waals surface area contributed by atoms with Gasteiger partial charge in [-0.15, -0.1) is 0 Å². The number of amides is 2. The minimum Gasteiger partial charge on any atom is -0.479 e. The van der Waals surface area contributed by atoms with Crippen molar-refractivity contribution >= 4 is 23.4 Å². The molecule has 7 nitrogen and oxygen atoms in total. The van der Waals surface area contributed by atoms with Gasteiger partial charge < -0.3 is 15.3 Å². The first-order valence-corrected chi connectivity index (χ1v) is 6.91. The number of nitrogens with one attached hydrogen (secondary N) is 2. The summed E-state index contributed by atoms with van der Waals surface area (Å²) in [5.41, 5.74) is 3.76. The van der Waals surface area contributed by atoms with E-state index < -0.39 is 18.6 Å². The van der Waals surface area contributed by atoms with Gasteiger partial charge in [0.05, 0.1) is 0 Å². The van der Waals surface area contributed by atoms with E-state index in [2.05, 4.69) is 15.1 Å². The maximum Gasteiger partial charge on any atom is 0.343 e. The molecule has 1 saturated heterocycles. The minimum atomic E-state index is -1.15. The Morgan fingerprint density at radius 3 is 2.43 bits per heavy atom. The quantitative estimate of drug-likeness (QED) is 0.720. The summed E-state index contributed by atoms with van der Waals surface area (Å²) in [5, 5.41) is 10.9. The molecule has 2 amide bonds. The Balaban J connectivity index is 1.81. The number of rotatable bonds is 5. The Morgan fingerprint density at radius 1 is 1.14 bits per heavy atom. The topological polar surface area (TPSA) is 90.9 Å². The summed E-state index contributed by atoms with van der Waals surface area (Å²) in [6.45, 7) is 1.55. The van der Waals surface area contributed by atoms with E-state index in [-0.39, 0.29) is 0 Å². The van der Waals surface area contributed by atoms with Gasteiger partial charge in [-0.1, -0.05) is 0 Å². The number of nitrogens with zero attached hydrogens (tertiary/aromatic N) is 1. The van der Waals surface area contributed by atoms with Crippen LogP contribution in [0.15, 0.2) is 24.3 Å². The molecule has 1 heterocycles. The molecule has 1 aliphatic rings. The molecule has 1 aromatic rings. The van der Waals surface area contributed by atoms with Crippen LogP contribution in [-0.4, -0.2) is 36.8 Å². The zero-order valence-corrected chi connectivity index (χ0v) is 11.7. The summed E-state index contributed by atoms with van der Waals surface area (Å²) < 4.78 is 0. The number of aliphatic carboxylic acids is 1. The van der Waals surface area contributed by atoms with Gasteiger partial charge in [-0.3, -0.25) is 4.84 Å². The van der Waals surface area contributed by atoms with Crippen LogP contribution < -0.4 is 15.7 Å². The van der Waals surface area contributed by atoms with Crippen molar-refractivity contribution in [1.82, 2.24) is 5.48 Å². The standard InChI is InChI=1S/C14H19N3O4/c18-13(19)10-21-16-14(20)15-11-4-6-12(7-5-11)17-8-2-1-3-9-17/h4-7H,1-3,8-10H2,(H,18,19)(H2,15,16,20). The van der Waals surface area contributed by atoms with Gasteiger partial charge in [0.2, 0.25) is 0 Å². The number of carbonyl (C=O) groups is 2. The Morgan fingerprint density at radius 2 is 1.81 bits per heavy atom. The fourth-order valence-corrected chi connectivity index (χ4v) is 2.23. The van der Waals surface area contributed by atoms with E-state index >= 15 is 0 Å². The van der Waals surface area contributed by atoms with Crippen LogP contribution >= 0.6 is 0 Å². The molecule has 0 spiro atoms. The zero-order chi connectivity index (χ0) is 15.1. The van der Waals surface area contributed by atoms with Crippen LogP contribution in [0.3, 0.4) is 0 Å². The molecule has 0 radical (unpaired) electrons. The highest BCUT2D eigenvalue weighted by atomic mass is 16.7. The number of hydroxylamine groups is 1. The van der Waals surface area contributed by atoms with Gasteiger partial charge in [-0.25, -0.2) is 15.1 Å². The first kappa shape index (κ1) is 15.1. The van der Waals surface area contributed by atoms with E-state index in [1.807, 2.05) is 17.6 Å². The van der Waals surface area contributed by atoms with E-state index in [0.717, 1.165) is 18.8 Å². The predicted molar refractivity (Wildman–Crippen MR) is 78.2 cm³/mol. The number of anilines is 2. The molecule has 0 bridgehead atoms. The molecule has 0 saturated carbocycles. The summed E-state index contributed by atoms with van der Waals surface area (Å²) in [6.07, 6.45) is 3.71. The molecule has 2 rings (SSSR count). The fourth-order valence-electron chi connectivity index (χ4n) is 2.23. The van der Waals surface area contributed by atoms with Gasteiger partial charge in [0.1, 0.15) is 0 Å². The van der Waals surface area contributed by atoms with Crippen molar-refractivity contribution in [2.24, 2.45) is 0 Å². The number of hydrogen-bond donors (Lipinski definition) is 3. The lowest BCUT2D eigenvalue weighted by molar-refractivity contribution is -0.143. The third kappa shape index (κ3) is 4.96. The summed E-state index contributed by atoms with van der Waals surface area (Å²) in [6, 6.07) is 6.92. The number of benzene rings is 1. The molecular formula is C14H19N3O4. The first-order valence-electron chi connectivity index (χ1n) is 6.91. The van der Waals surface area contributed by atoms with E-state index in [1.54, 1.807) is 12.1 Å². The van der Waals surface area contributed by atoms with Gasteiger partial charge >= 0.3 is 12.0 Å². The van der Waals surface area contributed by atoms with Crippen molar-refractivity contribution in [3.05, 3.63) is 24.3 Å². The van der Waals surface area contributed by atoms with Gasteiger partial charge in [0.15, 0.2) is 6.61 Å². The van der Waals surface area contributed by atoms with Crippen molar-refractivity contribution in [1.29, 1.82) is 0 Å². The van der Waals surface area contributed by atoms with Gasteiger partial charge in [0.25, 0.3) is 0 Å². The largest absolute Gasteiger partial charge is 0.479 e. The van der Waals surface area contributed by atoms with E-state index in [4.69, 9.17) is 5.11 Å². The molecule has 0 aliphatic carbocycles. The minimum absolute atomic E-state index is 0.582. The molecule has 21 heavy (non-hydrogen) atoms. The second-order valence-electron chi connectivity index (χ2n) is 4.83. The van der Waals surface area contributed by atoms with Gasteiger partial charge in [-0.2, -0.15) is 0 Å². The number of urea groups is 1. The second kappa shape index (κ2) is 7.49. The van der Waals surface area contributed by atoms with Crippen molar-refractivity contribution in [3.8, 4) is 0 Å². The van der Waals surface area contributed by atoms with Crippen LogP contribution in [0.1, 0.15) is 19.3 Å². The Labute approximate surface area is 122 Å². The second-order valence-corrected chi connectivity index (χ2v) is 4.83. The van der Waals surface area contributed by atoms with Crippen molar-refractivity contribution in [2.75, 3.05) is 29.9 Å². The average molecular weight is 293 g/mol. The molecule has 7 heteroatoms. The molecule has 0 aromatic heterocycles. The molecular weight excluding hydrogens is 274 g/mol. The van der Waals surface area contributed by atoms with Crippen LogP contribution in [0.4, 0.5) is 16.2 Å². The molecule has 0 unspecified atom stereocenters. The molecule has 0 atom stereocenters. The van der Waals surface area contributed by atoms with E-state index in [9.17, 15) is 9.59 Å². The lowest BCUT2D eigenvalue weighted by Crippen LogP contribution is -2.31. The Hall–Kier alpha value is -2.28. The number of carbonyl (C=O) groups excluding carboxylic acids is 1. The number of piperidine rings is 1. The van der Waals surface area contributed by atoms with Crippen LogP contribution in [0.5, 0.6) is 0 Å². The van der Waals surface area contributed by atoms with Crippen LogP contribution in [0.25, 0.3) is 0 Å². The smallest absolute Gasteiger partial charge is 0.343 e. The van der Waals surface area contributed by atoms with Crippen molar-refractivity contribution in [2.45, 2.75) is 19.3 Å². The monoisotopic (exact) mass is 293 g/mol. The average Bonchev–Trinajstić information content (AvgIpc) is 2.48. The molecule has 114 valence electrons. The first-order chi connectivity index (χ1) is 10.1. The normalized spacial score (nSPS) is 14.6. The third-order valence-electron chi connectivity index (χ3n) is 3.21. The summed E-state index contributed by atoms with van der Waals surface area (Å²) in [7, 11) is 0. The fraction of sp³-hybridized carbons (Fsp3) is 0.429. The number of carboxylic acid groups (broad SMARTS) is 1. The third-order valence-corrected chi connectivity index (χ3v) is 3.21. The number of carboxylic acids is 1. The maximum absolute atomic E-state index is 11.4. The lowest BCUT2D eigenvalue weighted by atomic mass is 10.1. The van der Waals surface area contributed by atoms with Gasteiger partial charge in [0, 0.05) is 24.5 Å². The maximum atomic E-state index is 11.4. The van der Waals surface area contributed by atoms with Crippen molar-refractivity contribution in [3.63, 3.8) is 0 Å².